The van der Waals surface area contributed by atoms with Crippen LogP contribution in [0.2, 0.25) is 5.02 Å². The highest BCUT2D eigenvalue weighted by molar-refractivity contribution is 6.33. The van der Waals surface area contributed by atoms with Crippen molar-refractivity contribution >= 4 is 17.4 Å². The summed E-state index contributed by atoms with van der Waals surface area (Å²) in [6, 6.07) is 12.3. The van der Waals surface area contributed by atoms with Crippen LogP contribution in [0.5, 0.6) is 0 Å². The summed E-state index contributed by atoms with van der Waals surface area (Å²) < 4.78 is 5.47. The zero-order valence-electron chi connectivity index (χ0n) is 15.4. The summed E-state index contributed by atoms with van der Waals surface area (Å²) in [7, 11) is 0. The Morgan fingerprint density at radius 2 is 1.81 bits per heavy atom. The van der Waals surface area contributed by atoms with Crippen LogP contribution in [0.15, 0.2) is 36.4 Å². The van der Waals surface area contributed by atoms with E-state index in [0.29, 0.717) is 11.1 Å². The third-order valence-corrected chi connectivity index (χ3v) is 6.59. The minimum absolute atomic E-state index is 0.552. The minimum atomic E-state index is 0.552. The first-order chi connectivity index (χ1) is 13.3. The average Bonchev–Trinajstić information content (AvgIpc) is 3.14. The predicted octanol–water partition coefficient (Wildman–Crippen LogP) is 3.57. The van der Waals surface area contributed by atoms with Gasteiger partial charge in [-0.25, -0.2) is 0 Å². The van der Waals surface area contributed by atoms with Crippen LogP contribution < -0.4 is 5.32 Å². The first kappa shape index (κ1) is 17.4. The van der Waals surface area contributed by atoms with E-state index in [2.05, 4.69) is 20.4 Å². The highest BCUT2D eigenvalue weighted by Crippen LogP contribution is 2.47. The number of likely N-dealkylation sites (tertiary alicyclic amines) is 1. The highest BCUT2D eigenvalue weighted by atomic mass is 35.5. The molecule has 1 aromatic heterocycles. The molecule has 0 spiro atoms. The van der Waals surface area contributed by atoms with Crippen LogP contribution in [0.1, 0.15) is 12.8 Å². The van der Waals surface area contributed by atoms with Crippen molar-refractivity contribution in [1.82, 2.24) is 15.1 Å². The molecule has 0 bridgehead atoms. The maximum absolute atomic E-state index is 6.25. The molecule has 6 heteroatoms. The third kappa shape index (κ3) is 3.68. The summed E-state index contributed by atoms with van der Waals surface area (Å²) in [5.41, 5.74) is 1.73. The lowest BCUT2D eigenvalue weighted by Crippen LogP contribution is -2.34. The van der Waals surface area contributed by atoms with E-state index in [1.54, 1.807) is 0 Å². The van der Waals surface area contributed by atoms with E-state index in [9.17, 15) is 0 Å². The van der Waals surface area contributed by atoms with Gasteiger partial charge in [0.25, 0.3) is 0 Å². The molecule has 1 saturated carbocycles. The van der Waals surface area contributed by atoms with E-state index in [-0.39, 0.29) is 0 Å². The molecule has 1 aliphatic carbocycles. The fourth-order valence-corrected chi connectivity index (χ4v) is 4.90. The van der Waals surface area contributed by atoms with E-state index < -0.39 is 0 Å². The summed E-state index contributed by atoms with van der Waals surface area (Å²) in [6.07, 6.45) is 2.45. The van der Waals surface area contributed by atoms with Crippen LogP contribution in [0.4, 0.5) is 5.82 Å². The molecule has 2 saturated heterocycles. The monoisotopic (exact) mass is 384 g/mol. The van der Waals surface area contributed by atoms with Crippen molar-refractivity contribution in [3.8, 4) is 11.3 Å². The molecule has 1 unspecified atom stereocenters. The van der Waals surface area contributed by atoms with E-state index in [1.807, 2.05) is 36.4 Å². The molecule has 3 atom stereocenters. The lowest BCUT2D eigenvalue weighted by molar-refractivity contribution is 0.0540. The van der Waals surface area contributed by atoms with Crippen LogP contribution >= 0.6 is 11.6 Å². The smallest absolute Gasteiger partial charge is 0.148 e. The Morgan fingerprint density at radius 3 is 2.52 bits per heavy atom. The zero-order chi connectivity index (χ0) is 18.2. The number of piperidine rings is 1. The van der Waals surface area contributed by atoms with Gasteiger partial charge in [0, 0.05) is 44.5 Å². The van der Waals surface area contributed by atoms with Crippen molar-refractivity contribution in [3.05, 3.63) is 41.4 Å². The van der Waals surface area contributed by atoms with Gasteiger partial charge >= 0.3 is 0 Å². The summed E-state index contributed by atoms with van der Waals surface area (Å²) in [4.78, 5) is 2.65. The molecule has 1 aromatic carbocycles. The minimum Gasteiger partial charge on any atom is -0.381 e. The number of fused-ring (bicyclic) bond motifs is 1. The van der Waals surface area contributed by atoms with E-state index in [0.717, 1.165) is 48.0 Å². The molecule has 3 fully saturated rings. The Hall–Kier alpha value is -1.69. The number of nitrogens with zero attached hydrogens (tertiary/aromatic N) is 3. The molecule has 5 nitrogen and oxygen atoms in total. The zero-order valence-corrected chi connectivity index (χ0v) is 16.1. The number of benzene rings is 1. The van der Waals surface area contributed by atoms with Gasteiger partial charge in [0.2, 0.25) is 0 Å². The molecular weight excluding hydrogens is 360 g/mol. The summed E-state index contributed by atoms with van der Waals surface area (Å²) >= 11 is 6.25. The summed E-state index contributed by atoms with van der Waals surface area (Å²) in [5.74, 6) is 3.21. The van der Waals surface area contributed by atoms with Crippen molar-refractivity contribution in [2.75, 3.05) is 38.2 Å². The number of ether oxygens (including phenoxy) is 1. The van der Waals surface area contributed by atoms with Crippen LogP contribution in [-0.4, -0.2) is 54.0 Å². The van der Waals surface area contributed by atoms with Gasteiger partial charge in [-0.3, -0.25) is 0 Å². The van der Waals surface area contributed by atoms with Gasteiger partial charge in [-0.1, -0.05) is 29.8 Å². The van der Waals surface area contributed by atoms with Gasteiger partial charge in [0.1, 0.15) is 5.82 Å². The van der Waals surface area contributed by atoms with Crippen molar-refractivity contribution in [2.24, 2.45) is 17.8 Å². The topological polar surface area (TPSA) is 50.3 Å². The molecule has 3 heterocycles. The van der Waals surface area contributed by atoms with Crippen LogP contribution in [0, 0.1) is 17.8 Å². The van der Waals surface area contributed by atoms with Crippen molar-refractivity contribution < 1.29 is 4.74 Å². The molecule has 3 aliphatic rings. The van der Waals surface area contributed by atoms with E-state index in [1.165, 1.54) is 32.5 Å². The number of rotatable bonds is 5. The van der Waals surface area contributed by atoms with E-state index in [4.69, 9.17) is 16.3 Å². The van der Waals surface area contributed by atoms with E-state index >= 15 is 0 Å². The van der Waals surface area contributed by atoms with Crippen LogP contribution in [0.3, 0.4) is 0 Å². The van der Waals surface area contributed by atoms with Gasteiger partial charge in [-0.05, 0) is 48.8 Å². The highest BCUT2D eigenvalue weighted by Gasteiger charge is 2.55. The largest absolute Gasteiger partial charge is 0.381 e. The molecule has 0 amide bonds. The molecule has 2 aliphatic heterocycles. The quantitative estimate of drug-likeness (QED) is 0.854. The van der Waals surface area contributed by atoms with Gasteiger partial charge in [-0.15, -0.1) is 10.2 Å². The normalized spacial score (nSPS) is 28.1. The van der Waals surface area contributed by atoms with Gasteiger partial charge < -0.3 is 15.0 Å². The Labute approximate surface area is 165 Å². The molecule has 27 heavy (non-hydrogen) atoms. The molecule has 142 valence electrons. The second kappa shape index (κ2) is 7.38. The maximum atomic E-state index is 6.25. The second-order valence-corrected chi connectivity index (χ2v) is 8.46. The third-order valence-electron chi connectivity index (χ3n) is 6.26. The van der Waals surface area contributed by atoms with Crippen molar-refractivity contribution in [2.45, 2.75) is 18.9 Å². The first-order valence-corrected chi connectivity index (χ1v) is 10.3. The van der Waals surface area contributed by atoms with Gasteiger partial charge in [0.05, 0.1) is 10.7 Å². The fraction of sp³-hybridized carbons (Fsp3) is 0.524. The Bertz CT molecular complexity index is 781. The molecule has 1 N–H and O–H groups in total. The Balaban J connectivity index is 1.14. The predicted molar refractivity (Wildman–Crippen MR) is 107 cm³/mol. The standard InChI is InChI=1S/C21H25ClN4O/c22-18-4-2-1-3-15(18)19-5-6-20(25-24-19)23-21-16-12-26(13-17(16)21)11-14-7-9-27-10-8-14/h1-6,14,16-17,21H,7-13H2,(H,23,25)/t16-,17+,21?. The van der Waals surface area contributed by atoms with Crippen LogP contribution in [0.25, 0.3) is 11.3 Å². The number of halogens is 1. The Morgan fingerprint density at radius 1 is 1.04 bits per heavy atom. The van der Waals surface area contributed by atoms with Crippen molar-refractivity contribution in [3.63, 3.8) is 0 Å². The number of hydrogen-bond donors (Lipinski definition) is 1. The van der Waals surface area contributed by atoms with Gasteiger partial charge in [0.15, 0.2) is 0 Å². The molecule has 2 aromatic rings. The number of anilines is 1. The lowest BCUT2D eigenvalue weighted by atomic mass is 10.00. The number of aromatic nitrogens is 2. The summed E-state index contributed by atoms with van der Waals surface area (Å²) in [6.45, 7) is 5.56. The molecule has 0 radical (unpaired) electrons. The second-order valence-electron chi connectivity index (χ2n) is 8.06. The lowest BCUT2D eigenvalue weighted by Gasteiger charge is -2.28. The fourth-order valence-electron chi connectivity index (χ4n) is 4.66. The molecular formula is C21H25ClN4O. The first-order valence-electron chi connectivity index (χ1n) is 9.93. The average molecular weight is 385 g/mol. The van der Waals surface area contributed by atoms with Crippen molar-refractivity contribution in [1.29, 1.82) is 0 Å². The van der Waals surface area contributed by atoms with Crippen LogP contribution in [-0.2, 0) is 4.74 Å². The maximum Gasteiger partial charge on any atom is 0.148 e. The number of nitrogens with one attached hydrogen (secondary N) is 1. The summed E-state index contributed by atoms with van der Waals surface area (Å²) in [5, 5.41) is 13.0. The van der Waals surface area contributed by atoms with Gasteiger partial charge in [-0.2, -0.15) is 0 Å². The Kier molecular flexibility index (Phi) is 4.76. The molecule has 5 rings (SSSR count). The number of hydrogen-bond acceptors (Lipinski definition) is 5. The SMILES string of the molecule is Clc1ccccc1-c1ccc(NC2[C@H]3CN(CC4CCOCC4)C[C@@H]23)nn1.